The van der Waals surface area contributed by atoms with Crippen molar-refractivity contribution in [2.75, 3.05) is 20.3 Å². The Balaban J connectivity index is 1.37. The van der Waals surface area contributed by atoms with Crippen molar-refractivity contribution in [3.63, 3.8) is 0 Å². The molecule has 186 valence electrons. The molecular formula is C30H33N3O3. The maximum Gasteiger partial charge on any atom is 0.251 e. The van der Waals surface area contributed by atoms with E-state index in [9.17, 15) is 4.79 Å². The number of fused-ring (bicyclic) bond motifs is 1. The Hall–Kier alpha value is -4.06. The van der Waals surface area contributed by atoms with Gasteiger partial charge in [0, 0.05) is 25.1 Å². The Bertz CT molecular complexity index is 1330. The lowest BCUT2D eigenvalue weighted by molar-refractivity contribution is 0.0954. The quantitative estimate of drug-likeness (QED) is 0.213. The lowest BCUT2D eigenvalue weighted by atomic mass is 10.1. The maximum absolute atomic E-state index is 12.5. The maximum atomic E-state index is 12.5. The largest absolute Gasteiger partial charge is 0.493 e. The molecule has 1 N–H and O–H groups in total. The number of rotatable bonds is 12. The lowest BCUT2D eigenvalue weighted by Gasteiger charge is -2.13. The van der Waals surface area contributed by atoms with Crippen molar-refractivity contribution >= 4 is 16.9 Å². The first-order valence-electron chi connectivity index (χ1n) is 12.3. The van der Waals surface area contributed by atoms with Gasteiger partial charge in [0.2, 0.25) is 0 Å². The average molecular weight is 484 g/mol. The van der Waals surface area contributed by atoms with Gasteiger partial charge < -0.3 is 19.4 Å². The highest BCUT2D eigenvalue weighted by Crippen LogP contribution is 2.28. The fraction of sp³-hybridized carbons (Fsp3) is 0.267. The molecule has 6 heteroatoms. The van der Waals surface area contributed by atoms with E-state index >= 15 is 0 Å². The number of ether oxygens (including phenoxy) is 2. The van der Waals surface area contributed by atoms with Crippen LogP contribution in [0.15, 0.2) is 79.4 Å². The molecule has 4 aromatic rings. The normalized spacial score (nSPS) is 10.8. The van der Waals surface area contributed by atoms with Gasteiger partial charge in [-0.1, -0.05) is 42.0 Å². The number of benzene rings is 3. The summed E-state index contributed by atoms with van der Waals surface area (Å²) in [4.78, 5) is 17.3. The molecule has 0 saturated heterocycles. The Morgan fingerprint density at radius 2 is 1.89 bits per heavy atom. The Labute approximate surface area is 212 Å². The van der Waals surface area contributed by atoms with Gasteiger partial charge in [0.25, 0.3) is 5.91 Å². The summed E-state index contributed by atoms with van der Waals surface area (Å²) in [6, 6.07) is 21.7. The first-order valence-corrected chi connectivity index (χ1v) is 12.3. The van der Waals surface area contributed by atoms with Crippen molar-refractivity contribution < 1.29 is 14.3 Å². The molecule has 0 saturated carbocycles. The SMILES string of the molecule is C=CCc1ccc(OCCCn2c(CCNC(=O)c3ccc(C)cc3)nc3ccccc32)c(OC)c1. The first-order chi connectivity index (χ1) is 17.6. The topological polar surface area (TPSA) is 65.4 Å². The van der Waals surface area contributed by atoms with Crippen molar-refractivity contribution in [1.29, 1.82) is 0 Å². The summed E-state index contributed by atoms with van der Waals surface area (Å²) in [7, 11) is 1.65. The molecule has 6 nitrogen and oxygen atoms in total. The number of imidazole rings is 1. The van der Waals surface area contributed by atoms with Crippen molar-refractivity contribution in [1.82, 2.24) is 14.9 Å². The molecule has 0 spiro atoms. The number of allylic oxidation sites excluding steroid dienone is 1. The first kappa shape index (κ1) is 25.0. The summed E-state index contributed by atoms with van der Waals surface area (Å²) >= 11 is 0. The van der Waals surface area contributed by atoms with Crippen LogP contribution in [0, 0.1) is 6.92 Å². The standard InChI is InChI=1S/C30H33N3O3/c1-4-8-23-13-16-27(28(21-23)35-3)36-20-7-19-33-26-10-6-5-9-25(26)32-29(33)17-18-31-30(34)24-14-11-22(2)12-15-24/h4-6,9-16,21H,1,7-8,17-20H2,2-3H3,(H,31,34). The molecule has 1 aromatic heterocycles. The van der Waals surface area contributed by atoms with Crippen LogP contribution in [-0.4, -0.2) is 35.7 Å². The highest BCUT2D eigenvalue weighted by atomic mass is 16.5. The van der Waals surface area contributed by atoms with Crippen LogP contribution in [0.3, 0.4) is 0 Å². The third-order valence-electron chi connectivity index (χ3n) is 6.07. The summed E-state index contributed by atoms with van der Waals surface area (Å²) in [5, 5.41) is 3.02. The van der Waals surface area contributed by atoms with Crippen molar-refractivity contribution in [2.24, 2.45) is 0 Å². The number of aryl methyl sites for hydroxylation is 2. The average Bonchev–Trinajstić information content (AvgIpc) is 3.24. The Morgan fingerprint density at radius 1 is 1.08 bits per heavy atom. The van der Waals surface area contributed by atoms with Gasteiger partial charge in [-0.25, -0.2) is 4.98 Å². The zero-order valence-corrected chi connectivity index (χ0v) is 21.0. The van der Waals surface area contributed by atoms with E-state index in [-0.39, 0.29) is 5.91 Å². The molecule has 0 aliphatic carbocycles. The third kappa shape index (κ3) is 6.13. The Morgan fingerprint density at radius 3 is 2.67 bits per heavy atom. The van der Waals surface area contributed by atoms with Crippen LogP contribution in [0.4, 0.5) is 0 Å². The van der Waals surface area contributed by atoms with E-state index < -0.39 is 0 Å². The summed E-state index contributed by atoms with van der Waals surface area (Å²) in [5.74, 6) is 2.35. The second kappa shape index (κ2) is 12.1. The van der Waals surface area contributed by atoms with Gasteiger partial charge in [-0.2, -0.15) is 0 Å². The number of carbonyl (C=O) groups excluding carboxylic acids is 1. The minimum Gasteiger partial charge on any atom is -0.493 e. The number of amides is 1. The number of methoxy groups -OCH3 is 1. The predicted molar refractivity (Wildman–Crippen MR) is 144 cm³/mol. The molecule has 36 heavy (non-hydrogen) atoms. The van der Waals surface area contributed by atoms with Crippen molar-refractivity contribution in [3.8, 4) is 11.5 Å². The minimum atomic E-state index is -0.0703. The lowest BCUT2D eigenvalue weighted by Crippen LogP contribution is -2.26. The Kier molecular flexibility index (Phi) is 8.40. The van der Waals surface area contributed by atoms with Crippen LogP contribution in [-0.2, 0) is 19.4 Å². The number of nitrogens with zero attached hydrogens (tertiary/aromatic N) is 2. The molecule has 4 rings (SSSR count). The van der Waals surface area contributed by atoms with Crippen LogP contribution >= 0.6 is 0 Å². The van der Waals surface area contributed by atoms with Crippen LogP contribution in [0.5, 0.6) is 11.5 Å². The van der Waals surface area contributed by atoms with E-state index in [4.69, 9.17) is 14.5 Å². The molecule has 0 fully saturated rings. The van der Waals surface area contributed by atoms with E-state index in [2.05, 4.69) is 22.5 Å². The third-order valence-corrected chi connectivity index (χ3v) is 6.07. The molecule has 0 atom stereocenters. The van der Waals surface area contributed by atoms with E-state index in [1.165, 1.54) is 0 Å². The summed E-state index contributed by atoms with van der Waals surface area (Å²) in [6.45, 7) is 7.62. The number of para-hydroxylation sites is 2. The second-order valence-corrected chi connectivity index (χ2v) is 8.72. The molecule has 0 unspecified atom stereocenters. The molecule has 3 aromatic carbocycles. The van der Waals surface area contributed by atoms with Gasteiger partial charge in [0.15, 0.2) is 11.5 Å². The van der Waals surface area contributed by atoms with E-state index in [1.54, 1.807) is 7.11 Å². The van der Waals surface area contributed by atoms with E-state index in [0.29, 0.717) is 25.1 Å². The highest BCUT2D eigenvalue weighted by molar-refractivity contribution is 5.94. The summed E-state index contributed by atoms with van der Waals surface area (Å²) < 4.78 is 13.8. The predicted octanol–water partition coefficient (Wildman–Crippen LogP) is 5.52. The van der Waals surface area contributed by atoms with E-state index in [1.807, 2.05) is 73.7 Å². The molecule has 1 heterocycles. The fourth-order valence-electron chi connectivity index (χ4n) is 4.19. The van der Waals surface area contributed by atoms with Gasteiger partial charge in [-0.3, -0.25) is 4.79 Å². The molecule has 0 bridgehead atoms. The van der Waals surface area contributed by atoms with Crippen LogP contribution in [0.2, 0.25) is 0 Å². The zero-order valence-electron chi connectivity index (χ0n) is 21.0. The number of hydrogen-bond acceptors (Lipinski definition) is 4. The van der Waals surface area contributed by atoms with Gasteiger partial charge in [0.05, 0.1) is 24.8 Å². The second-order valence-electron chi connectivity index (χ2n) is 8.72. The number of carbonyl (C=O) groups is 1. The molecular weight excluding hydrogens is 450 g/mol. The summed E-state index contributed by atoms with van der Waals surface area (Å²) in [5.41, 5.74) is 4.98. The smallest absolute Gasteiger partial charge is 0.251 e. The van der Waals surface area contributed by atoms with Gasteiger partial charge in [-0.05, 0) is 61.7 Å². The molecule has 0 aliphatic rings. The molecule has 0 aliphatic heterocycles. The number of nitrogens with one attached hydrogen (secondary N) is 1. The number of aromatic nitrogens is 2. The highest BCUT2D eigenvalue weighted by Gasteiger charge is 2.12. The van der Waals surface area contributed by atoms with Crippen molar-refractivity contribution in [3.05, 3.63) is 102 Å². The van der Waals surface area contributed by atoms with Gasteiger partial charge >= 0.3 is 0 Å². The minimum absolute atomic E-state index is 0.0703. The van der Waals surface area contributed by atoms with Crippen LogP contribution in [0.25, 0.3) is 11.0 Å². The zero-order chi connectivity index (χ0) is 25.3. The number of hydrogen-bond donors (Lipinski definition) is 1. The van der Waals surface area contributed by atoms with Gasteiger partial charge in [0.1, 0.15) is 5.82 Å². The van der Waals surface area contributed by atoms with Crippen LogP contribution < -0.4 is 14.8 Å². The van der Waals surface area contributed by atoms with Crippen molar-refractivity contribution in [2.45, 2.75) is 32.7 Å². The van der Waals surface area contributed by atoms with E-state index in [0.717, 1.165) is 58.9 Å². The van der Waals surface area contributed by atoms with Crippen LogP contribution in [0.1, 0.15) is 33.7 Å². The fourth-order valence-corrected chi connectivity index (χ4v) is 4.19. The monoisotopic (exact) mass is 483 g/mol. The molecule has 0 radical (unpaired) electrons. The van der Waals surface area contributed by atoms with Gasteiger partial charge in [-0.15, -0.1) is 6.58 Å². The molecule has 1 amide bonds. The summed E-state index contributed by atoms with van der Waals surface area (Å²) in [6.07, 6.45) is 4.11.